The monoisotopic (exact) mass is 311 g/mol. The maximum Gasteiger partial charge on any atom is 0.276 e. The van der Waals surface area contributed by atoms with Gasteiger partial charge in [-0.2, -0.15) is 0 Å². The van der Waals surface area contributed by atoms with Gasteiger partial charge in [0.25, 0.3) is 5.69 Å². The first-order valence-electron chi connectivity index (χ1n) is 5.73. The molecule has 0 amide bonds. The molecule has 2 rings (SSSR count). The van der Waals surface area contributed by atoms with E-state index in [0.29, 0.717) is 17.4 Å². The molecule has 0 atom stereocenters. The highest BCUT2D eigenvalue weighted by Gasteiger charge is 2.13. The minimum atomic E-state index is -0.496. The molecule has 7 heteroatoms. The van der Waals surface area contributed by atoms with Gasteiger partial charge in [0.05, 0.1) is 17.1 Å². The molecule has 1 heterocycles. The summed E-state index contributed by atoms with van der Waals surface area (Å²) >= 11 is 11.7. The summed E-state index contributed by atoms with van der Waals surface area (Å²) in [5.41, 5.74) is 0.891. The van der Waals surface area contributed by atoms with Crippen molar-refractivity contribution in [3.8, 4) is 0 Å². The van der Waals surface area contributed by atoms with E-state index >= 15 is 0 Å². The number of hydrogen-bond donors (Lipinski definition) is 0. The Hall–Kier alpha value is -1.85. The number of anilines is 1. The van der Waals surface area contributed by atoms with Gasteiger partial charge in [-0.3, -0.25) is 10.1 Å². The summed E-state index contributed by atoms with van der Waals surface area (Å²) in [7, 11) is 1.78. The minimum Gasteiger partial charge on any atom is -0.355 e. The lowest BCUT2D eigenvalue weighted by atomic mass is 10.2. The van der Waals surface area contributed by atoms with Crippen LogP contribution in [0.1, 0.15) is 5.56 Å². The smallest absolute Gasteiger partial charge is 0.276 e. The largest absolute Gasteiger partial charge is 0.355 e. The number of pyridine rings is 1. The molecule has 0 radical (unpaired) electrons. The third-order valence-corrected chi connectivity index (χ3v) is 3.10. The van der Waals surface area contributed by atoms with Crippen molar-refractivity contribution in [3.05, 3.63) is 62.3 Å². The molecule has 0 spiro atoms. The van der Waals surface area contributed by atoms with Gasteiger partial charge in [0.15, 0.2) is 0 Å². The molecule has 0 aliphatic carbocycles. The summed E-state index contributed by atoms with van der Waals surface area (Å²) in [5.74, 6) is 0.434. The summed E-state index contributed by atoms with van der Waals surface area (Å²) in [6, 6.07) is 9.99. The third-order valence-electron chi connectivity index (χ3n) is 2.68. The average Bonchev–Trinajstić information content (AvgIpc) is 2.37. The number of aromatic nitrogens is 1. The predicted molar refractivity (Wildman–Crippen MR) is 79.5 cm³/mol. The molecule has 0 aliphatic heterocycles. The van der Waals surface area contributed by atoms with Crippen molar-refractivity contribution in [1.82, 2.24) is 4.98 Å². The van der Waals surface area contributed by atoms with Gasteiger partial charge in [-0.25, -0.2) is 4.98 Å². The van der Waals surface area contributed by atoms with Crippen molar-refractivity contribution >= 4 is 34.7 Å². The van der Waals surface area contributed by atoms with Crippen LogP contribution in [0.15, 0.2) is 36.4 Å². The quantitative estimate of drug-likeness (QED) is 0.487. The molecule has 5 nitrogen and oxygen atoms in total. The van der Waals surface area contributed by atoms with Crippen LogP contribution in [0.3, 0.4) is 0 Å². The summed E-state index contributed by atoms with van der Waals surface area (Å²) < 4.78 is 0. The number of rotatable bonds is 4. The molecule has 0 N–H and O–H groups in total. The summed E-state index contributed by atoms with van der Waals surface area (Å²) in [6.07, 6.45) is 0. The van der Waals surface area contributed by atoms with E-state index in [1.54, 1.807) is 18.0 Å². The van der Waals surface area contributed by atoms with Crippen molar-refractivity contribution in [3.63, 3.8) is 0 Å². The zero-order chi connectivity index (χ0) is 14.7. The molecular formula is C13H11Cl2N3O2. The van der Waals surface area contributed by atoms with Crippen LogP contribution in [0, 0.1) is 10.1 Å². The Morgan fingerprint density at radius 2 is 2.05 bits per heavy atom. The van der Waals surface area contributed by atoms with Crippen LogP contribution in [-0.2, 0) is 6.54 Å². The van der Waals surface area contributed by atoms with Gasteiger partial charge >= 0.3 is 0 Å². The summed E-state index contributed by atoms with van der Waals surface area (Å²) in [6.45, 7) is 0.519. The molecular weight excluding hydrogens is 301 g/mol. The van der Waals surface area contributed by atoms with E-state index in [4.69, 9.17) is 23.2 Å². The second-order valence-corrected chi connectivity index (χ2v) is 5.07. The van der Waals surface area contributed by atoms with Gasteiger partial charge in [0.2, 0.25) is 0 Å². The zero-order valence-corrected chi connectivity index (χ0v) is 12.1. The van der Waals surface area contributed by atoms with E-state index in [1.807, 2.05) is 18.2 Å². The van der Waals surface area contributed by atoms with Crippen molar-refractivity contribution in [2.24, 2.45) is 0 Å². The van der Waals surface area contributed by atoms with Gasteiger partial charge in [-0.1, -0.05) is 35.3 Å². The van der Waals surface area contributed by atoms with Gasteiger partial charge in [-0.15, -0.1) is 0 Å². The molecule has 1 aromatic heterocycles. The minimum absolute atomic E-state index is 0.0852. The molecule has 0 unspecified atom stereocenters. The fraction of sp³-hybridized carbons (Fsp3) is 0.154. The van der Waals surface area contributed by atoms with E-state index in [2.05, 4.69) is 4.98 Å². The second kappa shape index (κ2) is 6.07. The Balaban J connectivity index is 2.25. The molecule has 20 heavy (non-hydrogen) atoms. The van der Waals surface area contributed by atoms with Crippen LogP contribution in [0.5, 0.6) is 0 Å². The van der Waals surface area contributed by atoms with E-state index < -0.39 is 4.92 Å². The highest BCUT2D eigenvalue weighted by Crippen LogP contribution is 2.24. The normalized spacial score (nSPS) is 10.3. The number of nitro groups is 1. The first-order valence-corrected chi connectivity index (χ1v) is 6.49. The SMILES string of the molecule is CN(Cc1cccc(Cl)c1)c1cc([N+](=O)[O-])cc(Cl)n1. The highest BCUT2D eigenvalue weighted by molar-refractivity contribution is 6.30. The van der Waals surface area contributed by atoms with E-state index in [9.17, 15) is 10.1 Å². The molecule has 0 bridgehead atoms. The molecule has 1 aromatic carbocycles. The van der Waals surface area contributed by atoms with Gasteiger partial charge in [0, 0.05) is 18.6 Å². The second-order valence-electron chi connectivity index (χ2n) is 4.25. The molecule has 0 aliphatic rings. The molecule has 2 aromatic rings. The fourth-order valence-electron chi connectivity index (χ4n) is 1.76. The van der Waals surface area contributed by atoms with Gasteiger partial charge < -0.3 is 4.90 Å². The Kier molecular flexibility index (Phi) is 4.42. The average molecular weight is 312 g/mol. The van der Waals surface area contributed by atoms with E-state index in [-0.39, 0.29) is 10.8 Å². The fourth-order valence-corrected chi connectivity index (χ4v) is 2.17. The highest BCUT2D eigenvalue weighted by atomic mass is 35.5. The first-order chi connectivity index (χ1) is 9.45. The Labute approximate surface area is 125 Å². The maximum atomic E-state index is 10.8. The van der Waals surface area contributed by atoms with E-state index in [1.165, 1.54) is 12.1 Å². The van der Waals surface area contributed by atoms with E-state index in [0.717, 1.165) is 5.56 Å². The Morgan fingerprint density at radius 1 is 1.30 bits per heavy atom. The van der Waals surface area contributed by atoms with Crippen molar-refractivity contribution in [1.29, 1.82) is 0 Å². The van der Waals surface area contributed by atoms with Gasteiger partial charge in [0.1, 0.15) is 11.0 Å². The van der Waals surface area contributed by atoms with Crippen molar-refractivity contribution in [2.75, 3.05) is 11.9 Å². The van der Waals surface area contributed by atoms with Gasteiger partial charge in [-0.05, 0) is 17.7 Å². The van der Waals surface area contributed by atoms with Crippen molar-refractivity contribution < 1.29 is 4.92 Å². The molecule has 0 fully saturated rings. The number of nitrogens with zero attached hydrogens (tertiary/aromatic N) is 3. The molecule has 104 valence electrons. The number of halogens is 2. The lowest BCUT2D eigenvalue weighted by Gasteiger charge is -2.18. The van der Waals surface area contributed by atoms with Crippen LogP contribution in [0.25, 0.3) is 0 Å². The van der Waals surface area contributed by atoms with Crippen LogP contribution >= 0.6 is 23.2 Å². The predicted octanol–water partition coefficient (Wildman–Crippen LogP) is 3.93. The number of benzene rings is 1. The number of hydrogen-bond acceptors (Lipinski definition) is 4. The molecule has 0 saturated heterocycles. The Morgan fingerprint density at radius 3 is 2.70 bits per heavy atom. The lowest BCUT2D eigenvalue weighted by molar-refractivity contribution is -0.384. The topological polar surface area (TPSA) is 59.3 Å². The summed E-state index contributed by atoms with van der Waals surface area (Å²) in [4.78, 5) is 16.2. The lowest BCUT2D eigenvalue weighted by Crippen LogP contribution is -2.17. The van der Waals surface area contributed by atoms with Crippen LogP contribution < -0.4 is 4.90 Å². The van der Waals surface area contributed by atoms with Crippen LogP contribution in [0.2, 0.25) is 10.2 Å². The van der Waals surface area contributed by atoms with Crippen molar-refractivity contribution in [2.45, 2.75) is 6.54 Å². The third kappa shape index (κ3) is 3.59. The maximum absolute atomic E-state index is 10.8. The Bertz CT molecular complexity index is 649. The van der Waals surface area contributed by atoms with Crippen LogP contribution in [0.4, 0.5) is 11.5 Å². The first kappa shape index (κ1) is 14.6. The summed E-state index contributed by atoms with van der Waals surface area (Å²) in [5, 5.41) is 11.5. The molecule has 0 saturated carbocycles. The standard InChI is InChI=1S/C13H11Cl2N3O2/c1-17(8-9-3-2-4-10(14)5-9)13-7-11(18(19)20)6-12(15)16-13/h2-7H,8H2,1H3. The van der Waals surface area contributed by atoms with Crippen LogP contribution in [-0.4, -0.2) is 17.0 Å². The zero-order valence-electron chi connectivity index (χ0n) is 10.6.